The van der Waals surface area contributed by atoms with Crippen LogP contribution < -0.4 is 4.72 Å². The fraction of sp³-hybridized carbons (Fsp3) is 0.167. The Kier molecular flexibility index (Phi) is 6.18. The molecule has 3 heterocycles. The van der Waals surface area contributed by atoms with E-state index in [4.69, 9.17) is 0 Å². The van der Waals surface area contributed by atoms with Crippen LogP contribution in [0.15, 0.2) is 77.3 Å². The van der Waals surface area contributed by atoms with Gasteiger partial charge in [0.1, 0.15) is 4.90 Å². The number of anilines is 1. The molecule has 1 fully saturated rings. The van der Waals surface area contributed by atoms with Gasteiger partial charge in [0, 0.05) is 60.6 Å². The van der Waals surface area contributed by atoms with Crippen molar-refractivity contribution in [2.75, 3.05) is 30.9 Å². The molecule has 1 aliphatic heterocycles. The van der Waals surface area contributed by atoms with E-state index in [2.05, 4.69) is 14.7 Å². The van der Waals surface area contributed by atoms with Crippen molar-refractivity contribution in [2.24, 2.45) is 0 Å². The lowest BCUT2D eigenvalue weighted by atomic mass is 10.1. The molecule has 0 spiro atoms. The summed E-state index contributed by atoms with van der Waals surface area (Å²) in [5, 5.41) is 2.93. The van der Waals surface area contributed by atoms with Gasteiger partial charge >= 0.3 is 0 Å². The average molecular weight is 508 g/mol. The number of piperazine rings is 1. The Morgan fingerprint density at radius 3 is 2.20 bits per heavy atom. The van der Waals surface area contributed by atoms with Crippen LogP contribution >= 0.6 is 11.3 Å². The third kappa shape index (κ3) is 4.73. The minimum Gasteiger partial charge on any atom is -0.335 e. The van der Waals surface area contributed by atoms with Crippen molar-refractivity contribution < 1.29 is 18.0 Å². The van der Waals surface area contributed by atoms with E-state index in [1.807, 2.05) is 0 Å². The van der Waals surface area contributed by atoms with Gasteiger partial charge in [0.05, 0.1) is 5.52 Å². The van der Waals surface area contributed by atoms with Crippen molar-refractivity contribution in [1.29, 1.82) is 0 Å². The number of aromatic nitrogens is 2. The van der Waals surface area contributed by atoms with Crippen LogP contribution in [0.1, 0.15) is 20.2 Å². The molecular formula is C24H21N5O4S2. The third-order valence-corrected chi connectivity index (χ3v) is 7.91. The summed E-state index contributed by atoms with van der Waals surface area (Å²) < 4.78 is 28.5. The maximum Gasteiger partial charge on any atom is 0.282 e. The zero-order chi connectivity index (χ0) is 24.4. The van der Waals surface area contributed by atoms with E-state index < -0.39 is 10.0 Å². The summed E-state index contributed by atoms with van der Waals surface area (Å²) in [4.78, 5) is 37.1. The molecule has 1 N–H and O–H groups in total. The Balaban J connectivity index is 1.24. The maximum absolute atomic E-state index is 13.0. The first-order valence-electron chi connectivity index (χ1n) is 10.9. The molecule has 4 aromatic rings. The second-order valence-electron chi connectivity index (χ2n) is 7.94. The van der Waals surface area contributed by atoms with E-state index in [1.165, 1.54) is 17.4 Å². The number of carbonyl (C=O) groups excluding carboxylic acids is 2. The van der Waals surface area contributed by atoms with Gasteiger partial charge in [-0.1, -0.05) is 18.2 Å². The van der Waals surface area contributed by atoms with Crippen molar-refractivity contribution in [3.8, 4) is 0 Å². The summed E-state index contributed by atoms with van der Waals surface area (Å²) in [6.07, 6.45) is 3.15. The van der Waals surface area contributed by atoms with Gasteiger partial charge in [0.15, 0.2) is 5.01 Å². The quantitative estimate of drug-likeness (QED) is 0.444. The Morgan fingerprint density at radius 2 is 1.51 bits per heavy atom. The molecule has 0 radical (unpaired) electrons. The Labute approximate surface area is 206 Å². The first-order valence-corrected chi connectivity index (χ1v) is 13.2. The molecule has 2 amide bonds. The molecule has 0 aliphatic carbocycles. The Hall–Kier alpha value is -3.83. The van der Waals surface area contributed by atoms with Crippen molar-refractivity contribution >= 4 is 49.8 Å². The lowest BCUT2D eigenvalue weighted by molar-refractivity contribution is 0.0535. The van der Waals surface area contributed by atoms with E-state index in [0.29, 0.717) is 48.0 Å². The number of amides is 2. The number of carbonyl (C=O) groups is 2. The number of sulfonamides is 1. The van der Waals surface area contributed by atoms with E-state index in [9.17, 15) is 18.0 Å². The summed E-state index contributed by atoms with van der Waals surface area (Å²) in [5.74, 6) is -0.288. The van der Waals surface area contributed by atoms with E-state index in [1.54, 1.807) is 76.1 Å². The van der Waals surface area contributed by atoms with Gasteiger partial charge in [0.25, 0.3) is 21.8 Å². The fourth-order valence-electron chi connectivity index (χ4n) is 3.94. The molecule has 0 unspecified atom stereocenters. The second-order valence-corrected chi connectivity index (χ2v) is 10.5. The summed E-state index contributed by atoms with van der Waals surface area (Å²) in [5.41, 5.74) is 1.18. The highest BCUT2D eigenvalue weighted by Crippen LogP contribution is 2.24. The van der Waals surface area contributed by atoms with E-state index >= 15 is 0 Å². The first kappa shape index (κ1) is 22.9. The van der Waals surface area contributed by atoms with E-state index in [0.717, 1.165) is 5.39 Å². The smallest absolute Gasteiger partial charge is 0.282 e. The van der Waals surface area contributed by atoms with Crippen LogP contribution in [-0.2, 0) is 10.0 Å². The van der Waals surface area contributed by atoms with Crippen LogP contribution in [-0.4, -0.2) is 66.2 Å². The summed E-state index contributed by atoms with van der Waals surface area (Å²) in [6, 6.07) is 14.8. The Bertz CT molecular complexity index is 1470. The van der Waals surface area contributed by atoms with Crippen molar-refractivity contribution in [3.05, 3.63) is 82.9 Å². The number of nitrogens with one attached hydrogen (secondary N) is 1. The number of thiazole rings is 1. The van der Waals surface area contributed by atoms with Crippen LogP contribution in [0.3, 0.4) is 0 Å². The van der Waals surface area contributed by atoms with Crippen molar-refractivity contribution in [2.45, 2.75) is 4.90 Å². The van der Waals surface area contributed by atoms with Crippen molar-refractivity contribution in [1.82, 2.24) is 19.8 Å². The molecule has 0 atom stereocenters. The lowest BCUT2D eigenvalue weighted by Crippen LogP contribution is -2.50. The maximum atomic E-state index is 13.0. The predicted octanol–water partition coefficient (Wildman–Crippen LogP) is 3.09. The molecule has 0 saturated carbocycles. The highest BCUT2D eigenvalue weighted by Gasteiger charge is 2.26. The largest absolute Gasteiger partial charge is 0.335 e. The van der Waals surface area contributed by atoms with Gasteiger partial charge in [-0.2, -0.15) is 0 Å². The normalized spacial score (nSPS) is 14.2. The molecule has 5 rings (SSSR count). The fourth-order valence-corrected chi connectivity index (χ4v) is 5.78. The standard InChI is InChI=1S/C24H21N5O4S2/c30-23(28-12-14-29(15-13-28)24(31)22-26-11-16-34-22)18-6-8-19(9-7-18)27-35(32,33)20-5-1-3-17-4-2-10-25-21(17)20/h1-11,16,27H,12-15H2. The van der Waals surface area contributed by atoms with Crippen LogP contribution in [0, 0.1) is 0 Å². The molecule has 178 valence electrons. The van der Waals surface area contributed by atoms with Gasteiger partial charge in [-0.3, -0.25) is 19.3 Å². The molecule has 11 heteroatoms. The molecule has 9 nitrogen and oxygen atoms in total. The SMILES string of the molecule is O=C(c1ccc(NS(=O)(=O)c2cccc3cccnc23)cc1)N1CCN(C(=O)c2nccs2)CC1. The number of fused-ring (bicyclic) bond motifs is 1. The molecule has 2 aromatic heterocycles. The van der Waals surface area contributed by atoms with Gasteiger partial charge in [-0.15, -0.1) is 11.3 Å². The minimum atomic E-state index is -3.88. The molecular weight excluding hydrogens is 486 g/mol. The molecule has 35 heavy (non-hydrogen) atoms. The second kappa shape index (κ2) is 9.43. The minimum absolute atomic E-state index is 0.0842. The van der Waals surface area contributed by atoms with Gasteiger partial charge in [-0.05, 0) is 36.4 Å². The van der Waals surface area contributed by atoms with Gasteiger partial charge in [0.2, 0.25) is 0 Å². The van der Waals surface area contributed by atoms with Crippen LogP contribution in [0.2, 0.25) is 0 Å². The lowest BCUT2D eigenvalue weighted by Gasteiger charge is -2.34. The van der Waals surface area contributed by atoms with E-state index in [-0.39, 0.29) is 16.7 Å². The van der Waals surface area contributed by atoms with Crippen LogP contribution in [0.4, 0.5) is 5.69 Å². The number of rotatable bonds is 5. The highest BCUT2D eigenvalue weighted by atomic mass is 32.2. The topological polar surface area (TPSA) is 113 Å². The van der Waals surface area contributed by atoms with Gasteiger partial charge < -0.3 is 9.80 Å². The monoisotopic (exact) mass is 507 g/mol. The first-order chi connectivity index (χ1) is 16.9. The number of benzene rings is 2. The zero-order valence-corrected chi connectivity index (χ0v) is 20.1. The molecule has 2 aromatic carbocycles. The number of para-hydroxylation sites is 1. The molecule has 1 saturated heterocycles. The van der Waals surface area contributed by atoms with Crippen LogP contribution in [0.25, 0.3) is 10.9 Å². The van der Waals surface area contributed by atoms with Gasteiger partial charge in [-0.25, -0.2) is 13.4 Å². The van der Waals surface area contributed by atoms with Crippen molar-refractivity contribution in [3.63, 3.8) is 0 Å². The number of pyridine rings is 1. The average Bonchev–Trinajstić information content (AvgIpc) is 3.43. The summed E-state index contributed by atoms with van der Waals surface area (Å²) >= 11 is 1.30. The number of hydrogen-bond donors (Lipinski definition) is 1. The Morgan fingerprint density at radius 1 is 0.829 bits per heavy atom. The third-order valence-electron chi connectivity index (χ3n) is 5.74. The molecule has 1 aliphatic rings. The summed E-state index contributed by atoms with van der Waals surface area (Å²) in [7, 11) is -3.88. The summed E-state index contributed by atoms with van der Waals surface area (Å²) in [6.45, 7) is 1.69. The number of hydrogen-bond acceptors (Lipinski definition) is 7. The molecule has 0 bridgehead atoms. The highest BCUT2D eigenvalue weighted by molar-refractivity contribution is 7.93. The number of nitrogens with zero attached hydrogens (tertiary/aromatic N) is 4. The predicted molar refractivity (Wildman–Crippen MR) is 133 cm³/mol. The zero-order valence-electron chi connectivity index (χ0n) is 18.5. The van der Waals surface area contributed by atoms with Crippen LogP contribution in [0.5, 0.6) is 0 Å².